The first kappa shape index (κ1) is 13.0. The lowest BCUT2D eigenvalue weighted by Crippen LogP contribution is -1.96. The van der Waals surface area contributed by atoms with Gasteiger partial charge in [0.15, 0.2) is 0 Å². The molecule has 0 radical (unpaired) electrons. The molecule has 5 nitrogen and oxygen atoms in total. The quantitative estimate of drug-likeness (QED) is 0.686. The molecule has 96 valence electrons. The predicted octanol–water partition coefficient (Wildman–Crippen LogP) is 3.61. The van der Waals surface area contributed by atoms with Gasteiger partial charge < -0.3 is 5.11 Å². The summed E-state index contributed by atoms with van der Waals surface area (Å²) >= 11 is 5.85. The van der Waals surface area contributed by atoms with Gasteiger partial charge in [-0.05, 0) is 29.3 Å². The van der Waals surface area contributed by atoms with Gasteiger partial charge in [-0.25, -0.2) is 4.79 Å². The number of non-ortho nitro benzene ring substituents is 1. The molecule has 0 aliphatic heterocycles. The van der Waals surface area contributed by atoms with Crippen molar-refractivity contribution in [3.8, 4) is 11.1 Å². The average Bonchev–Trinajstić information content (AvgIpc) is 2.38. The Morgan fingerprint density at radius 1 is 1.16 bits per heavy atom. The lowest BCUT2D eigenvalue weighted by Gasteiger charge is -2.04. The summed E-state index contributed by atoms with van der Waals surface area (Å²) in [6.07, 6.45) is 0. The number of hydrogen-bond acceptors (Lipinski definition) is 3. The summed E-state index contributed by atoms with van der Waals surface area (Å²) in [5.74, 6) is -1.10. The van der Waals surface area contributed by atoms with Crippen molar-refractivity contribution in [1.82, 2.24) is 0 Å². The molecule has 2 rings (SSSR count). The number of nitrogens with zero attached hydrogens (tertiary/aromatic N) is 1. The van der Waals surface area contributed by atoms with Gasteiger partial charge in [0.25, 0.3) is 5.69 Å². The number of nitro groups is 1. The molecule has 0 aliphatic rings. The number of halogens is 1. The summed E-state index contributed by atoms with van der Waals surface area (Å²) in [6, 6.07) is 10.2. The van der Waals surface area contributed by atoms with Crippen molar-refractivity contribution in [3.63, 3.8) is 0 Å². The van der Waals surface area contributed by atoms with Crippen molar-refractivity contribution >= 4 is 23.3 Å². The van der Waals surface area contributed by atoms with E-state index in [0.29, 0.717) is 11.1 Å². The Hall–Kier alpha value is -2.40. The molecule has 0 saturated heterocycles. The van der Waals surface area contributed by atoms with Gasteiger partial charge in [-0.15, -0.1) is 0 Å². The number of rotatable bonds is 3. The molecule has 19 heavy (non-hydrogen) atoms. The second-order valence-corrected chi connectivity index (χ2v) is 4.28. The first-order valence-electron chi connectivity index (χ1n) is 5.26. The highest BCUT2D eigenvalue weighted by atomic mass is 35.5. The predicted molar refractivity (Wildman–Crippen MR) is 70.5 cm³/mol. The van der Waals surface area contributed by atoms with Crippen molar-refractivity contribution in [2.45, 2.75) is 0 Å². The van der Waals surface area contributed by atoms with E-state index in [9.17, 15) is 14.9 Å². The van der Waals surface area contributed by atoms with Gasteiger partial charge >= 0.3 is 5.97 Å². The standard InChI is InChI=1S/C13H8ClNO4/c14-11-5-9(4-10(6-11)13(16)17)8-2-1-3-12(7-8)15(18)19/h1-7H,(H,16,17). The van der Waals surface area contributed by atoms with E-state index in [1.165, 1.54) is 30.3 Å². The van der Waals surface area contributed by atoms with E-state index in [4.69, 9.17) is 16.7 Å². The molecule has 2 aromatic carbocycles. The zero-order chi connectivity index (χ0) is 14.0. The first-order chi connectivity index (χ1) is 8.97. The van der Waals surface area contributed by atoms with E-state index in [1.807, 2.05) is 0 Å². The molecule has 0 heterocycles. The summed E-state index contributed by atoms with van der Waals surface area (Å²) in [7, 11) is 0. The number of aromatic carboxylic acids is 1. The topological polar surface area (TPSA) is 80.4 Å². The Labute approximate surface area is 113 Å². The fourth-order valence-corrected chi connectivity index (χ4v) is 1.91. The van der Waals surface area contributed by atoms with E-state index >= 15 is 0 Å². The SMILES string of the molecule is O=C(O)c1cc(Cl)cc(-c2cccc([N+](=O)[O-])c2)c1. The third-order valence-corrected chi connectivity index (χ3v) is 2.75. The maximum atomic E-state index is 10.9. The number of carbonyl (C=O) groups is 1. The van der Waals surface area contributed by atoms with E-state index in [1.54, 1.807) is 12.1 Å². The number of benzene rings is 2. The van der Waals surface area contributed by atoms with E-state index < -0.39 is 10.9 Å². The summed E-state index contributed by atoms with van der Waals surface area (Å²) in [6.45, 7) is 0. The highest BCUT2D eigenvalue weighted by Gasteiger charge is 2.10. The van der Waals surface area contributed by atoms with Gasteiger partial charge in [0.05, 0.1) is 10.5 Å². The molecule has 2 aromatic rings. The van der Waals surface area contributed by atoms with Crippen molar-refractivity contribution < 1.29 is 14.8 Å². The number of carboxylic acid groups (broad SMARTS) is 1. The van der Waals surface area contributed by atoms with Gasteiger partial charge in [-0.3, -0.25) is 10.1 Å². The molecule has 0 aromatic heterocycles. The fraction of sp³-hybridized carbons (Fsp3) is 0. The van der Waals surface area contributed by atoms with Crippen molar-refractivity contribution in [3.05, 3.63) is 63.2 Å². The Morgan fingerprint density at radius 3 is 2.53 bits per heavy atom. The van der Waals surface area contributed by atoms with Crippen LogP contribution in [-0.4, -0.2) is 16.0 Å². The molecule has 0 spiro atoms. The number of hydrogen-bond donors (Lipinski definition) is 1. The highest BCUT2D eigenvalue weighted by molar-refractivity contribution is 6.31. The monoisotopic (exact) mass is 277 g/mol. The van der Waals surface area contributed by atoms with Gasteiger partial charge in [-0.2, -0.15) is 0 Å². The van der Waals surface area contributed by atoms with Crippen LogP contribution < -0.4 is 0 Å². The molecule has 0 atom stereocenters. The fourth-order valence-electron chi connectivity index (χ4n) is 1.68. The lowest BCUT2D eigenvalue weighted by atomic mass is 10.0. The van der Waals surface area contributed by atoms with Crippen LogP contribution in [0, 0.1) is 10.1 Å². The second-order valence-electron chi connectivity index (χ2n) is 3.84. The largest absolute Gasteiger partial charge is 0.478 e. The zero-order valence-corrected chi connectivity index (χ0v) is 10.3. The molecule has 0 unspecified atom stereocenters. The molecule has 0 saturated carbocycles. The van der Waals surface area contributed by atoms with Gasteiger partial charge in [-0.1, -0.05) is 23.7 Å². The molecule has 0 fully saturated rings. The minimum Gasteiger partial charge on any atom is -0.478 e. The molecule has 0 amide bonds. The van der Waals surface area contributed by atoms with Gasteiger partial charge in [0, 0.05) is 17.2 Å². The lowest BCUT2D eigenvalue weighted by molar-refractivity contribution is -0.384. The highest BCUT2D eigenvalue weighted by Crippen LogP contribution is 2.27. The van der Waals surface area contributed by atoms with Gasteiger partial charge in [0.2, 0.25) is 0 Å². The van der Waals surface area contributed by atoms with Crippen LogP contribution in [0.25, 0.3) is 11.1 Å². The number of carboxylic acids is 1. The molecule has 1 N–H and O–H groups in total. The molecule has 0 bridgehead atoms. The summed E-state index contributed by atoms with van der Waals surface area (Å²) in [5.41, 5.74) is 1.04. The van der Waals surface area contributed by atoms with Crippen molar-refractivity contribution in [2.24, 2.45) is 0 Å². The van der Waals surface area contributed by atoms with E-state index in [0.717, 1.165) is 0 Å². The van der Waals surface area contributed by atoms with Crippen LogP contribution in [-0.2, 0) is 0 Å². The molecular weight excluding hydrogens is 270 g/mol. The Morgan fingerprint density at radius 2 is 1.89 bits per heavy atom. The minimum absolute atomic E-state index is 0.0361. The third-order valence-electron chi connectivity index (χ3n) is 2.54. The van der Waals surface area contributed by atoms with E-state index in [-0.39, 0.29) is 16.3 Å². The van der Waals surface area contributed by atoms with Crippen molar-refractivity contribution in [1.29, 1.82) is 0 Å². The average molecular weight is 278 g/mol. The maximum Gasteiger partial charge on any atom is 0.335 e. The first-order valence-corrected chi connectivity index (χ1v) is 5.64. The normalized spacial score (nSPS) is 10.2. The Kier molecular flexibility index (Phi) is 3.48. The van der Waals surface area contributed by atoms with Gasteiger partial charge in [0.1, 0.15) is 0 Å². The summed E-state index contributed by atoms with van der Waals surface area (Å²) in [5, 5.41) is 19.9. The minimum atomic E-state index is -1.10. The molecule has 6 heteroatoms. The summed E-state index contributed by atoms with van der Waals surface area (Å²) < 4.78 is 0. The zero-order valence-electron chi connectivity index (χ0n) is 9.54. The van der Waals surface area contributed by atoms with E-state index in [2.05, 4.69) is 0 Å². The molecular formula is C13H8ClNO4. The second kappa shape index (κ2) is 5.07. The van der Waals surface area contributed by atoms with Crippen LogP contribution in [0.4, 0.5) is 5.69 Å². The van der Waals surface area contributed by atoms with Crippen LogP contribution in [0.1, 0.15) is 10.4 Å². The Bertz CT molecular complexity index is 669. The van der Waals surface area contributed by atoms with Crippen LogP contribution >= 0.6 is 11.6 Å². The van der Waals surface area contributed by atoms with Crippen molar-refractivity contribution in [2.75, 3.05) is 0 Å². The Balaban J connectivity index is 2.55. The van der Waals surface area contributed by atoms with Crippen LogP contribution in [0.2, 0.25) is 5.02 Å². The summed E-state index contributed by atoms with van der Waals surface area (Å²) in [4.78, 5) is 21.1. The van der Waals surface area contributed by atoms with Crippen LogP contribution in [0.5, 0.6) is 0 Å². The third kappa shape index (κ3) is 2.89. The maximum absolute atomic E-state index is 10.9. The van der Waals surface area contributed by atoms with Crippen LogP contribution in [0.3, 0.4) is 0 Å². The number of nitro benzene ring substituents is 1. The molecule has 0 aliphatic carbocycles. The smallest absolute Gasteiger partial charge is 0.335 e. The van der Waals surface area contributed by atoms with Crippen LogP contribution in [0.15, 0.2) is 42.5 Å².